The molecule has 1 saturated heterocycles. The van der Waals surface area contributed by atoms with E-state index >= 15 is 0 Å². The first-order valence-electron chi connectivity index (χ1n) is 8.36. The lowest BCUT2D eigenvalue weighted by atomic mass is 10.1. The maximum absolute atomic E-state index is 13.1. The predicted octanol–water partition coefficient (Wildman–Crippen LogP) is 1.44. The van der Waals surface area contributed by atoms with Gasteiger partial charge in [-0.1, -0.05) is 23.5 Å². The Morgan fingerprint density at radius 1 is 1.31 bits per heavy atom. The van der Waals surface area contributed by atoms with Crippen LogP contribution in [0.4, 0.5) is 10.8 Å². The van der Waals surface area contributed by atoms with Crippen LogP contribution in [0.25, 0.3) is 0 Å². The largest absolute Gasteiger partial charge is 0.327 e. The number of fused-ring (bicyclic) bond motifs is 2. The number of hydrogen-bond donors (Lipinski definition) is 1. The van der Waals surface area contributed by atoms with Crippen molar-refractivity contribution in [3.63, 3.8) is 0 Å². The van der Waals surface area contributed by atoms with Crippen LogP contribution in [0.15, 0.2) is 24.3 Å². The molecular formula is C17H17N5O3S. The minimum Gasteiger partial charge on any atom is -0.327 e. The molecule has 0 aliphatic carbocycles. The Hall–Kier alpha value is -2.81. The van der Waals surface area contributed by atoms with Crippen LogP contribution >= 0.6 is 11.3 Å². The van der Waals surface area contributed by atoms with Crippen molar-refractivity contribution in [1.29, 1.82) is 0 Å². The number of carbonyl (C=O) groups is 3. The number of rotatable bonds is 3. The lowest BCUT2D eigenvalue weighted by Gasteiger charge is -2.25. The quantitative estimate of drug-likeness (QED) is 0.881. The minimum atomic E-state index is -0.508. The Labute approximate surface area is 153 Å². The van der Waals surface area contributed by atoms with Gasteiger partial charge in [-0.05, 0) is 31.9 Å². The Balaban J connectivity index is 1.64. The first-order chi connectivity index (χ1) is 12.5. The van der Waals surface area contributed by atoms with Crippen molar-refractivity contribution in [1.82, 2.24) is 15.1 Å². The van der Waals surface area contributed by atoms with Crippen LogP contribution in [0.5, 0.6) is 0 Å². The second-order valence-corrected chi connectivity index (χ2v) is 7.45. The van der Waals surface area contributed by atoms with Crippen molar-refractivity contribution < 1.29 is 14.4 Å². The summed E-state index contributed by atoms with van der Waals surface area (Å²) in [6.45, 7) is 2.18. The molecule has 2 aromatic rings. The summed E-state index contributed by atoms with van der Waals surface area (Å²) in [5.41, 5.74) is 0.922. The molecule has 4 rings (SSSR count). The molecule has 1 N–H and O–H groups in total. The summed E-state index contributed by atoms with van der Waals surface area (Å²) < 4.78 is 0. The van der Waals surface area contributed by atoms with Gasteiger partial charge in [-0.15, -0.1) is 10.2 Å². The molecule has 1 atom stereocenters. The zero-order valence-electron chi connectivity index (χ0n) is 14.1. The highest BCUT2D eigenvalue weighted by molar-refractivity contribution is 7.15. The molecule has 2 aliphatic rings. The number of amides is 3. The molecule has 3 amide bonds. The lowest BCUT2D eigenvalue weighted by molar-refractivity contribution is -0.124. The van der Waals surface area contributed by atoms with Crippen molar-refractivity contribution >= 4 is 39.9 Å². The van der Waals surface area contributed by atoms with Crippen LogP contribution in [-0.2, 0) is 9.59 Å². The number of anilines is 2. The number of nitrogens with one attached hydrogen (secondary N) is 1. The summed E-state index contributed by atoms with van der Waals surface area (Å²) in [5.74, 6) is -0.744. The van der Waals surface area contributed by atoms with Crippen LogP contribution in [0.2, 0.25) is 0 Å². The normalized spacial score (nSPS) is 19.2. The van der Waals surface area contributed by atoms with Crippen LogP contribution in [-0.4, -0.2) is 52.0 Å². The fraction of sp³-hybridized carbons (Fsp3) is 0.353. The van der Waals surface area contributed by atoms with Gasteiger partial charge in [0.05, 0.1) is 11.3 Å². The maximum atomic E-state index is 13.1. The fourth-order valence-corrected chi connectivity index (χ4v) is 4.03. The number of aryl methyl sites for hydroxylation is 1. The van der Waals surface area contributed by atoms with E-state index in [2.05, 4.69) is 15.5 Å². The molecule has 0 spiro atoms. The number of nitrogens with zero attached hydrogens (tertiary/aromatic N) is 4. The van der Waals surface area contributed by atoms with Crippen molar-refractivity contribution in [2.24, 2.45) is 0 Å². The first kappa shape index (κ1) is 16.6. The average Bonchev–Trinajstić information content (AvgIpc) is 3.26. The van der Waals surface area contributed by atoms with Gasteiger partial charge < -0.3 is 9.80 Å². The van der Waals surface area contributed by atoms with E-state index in [1.165, 1.54) is 16.2 Å². The molecular weight excluding hydrogens is 354 g/mol. The molecule has 1 aromatic carbocycles. The number of aromatic nitrogens is 2. The molecule has 8 nitrogen and oxygen atoms in total. The second-order valence-electron chi connectivity index (χ2n) is 6.27. The fourth-order valence-electron chi connectivity index (χ4n) is 3.42. The van der Waals surface area contributed by atoms with Gasteiger partial charge in [0.1, 0.15) is 17.6 Å². The van der Waals surface area contributed by atoms with E-state index in [1.807, 2.05) is 0 Å². The zero-order chi connectivity index (χ0) is 18.3. The van der Waals surface area contributed by atoms with Gasteiger partial charge in [-0.25, -0.2) is 0 Å². The first-order valence-corrected chi connectivity index (χ1v) is 9.17. The highest BCUT2D eigenvalue weighted by Crippen LogP contribution is 2.32. The van der Waals surface area contributed by atoms with Crippen LogP contribution in [0, 0.1) is 6.92 Å². The minimum absolute atomic E-state index is 0.154. The van der Waals surface area contributed by atoms with Gasteiger partial charge in [0.2, 0.25) is 16.9 Å². The molecule has 1 unspecified atom stereocenters. The number of para-hydroxylation sites is 1. The van der Waals surface area contributed by atoms with Gasteiger partial charge in [-0.3, -0.25) is 19.7 Å². The maximum Gasteiger partial charge on any atom is 0.256 e. The summed E-state index contributed by atoms with van der Waals surface area (Å²) in [7, 11) is 0. The third-order valence-corrected chi connectivity index (χ3v) is 5.32. The average molecular weight is 371 g/mol. The molecule has 0 saturated carbocycles. The van der Waals surface area contributed by atoms with E-state index in [4.69, 9.17) is 0 Å². The van der Waals surface area contributed by atoms with E-state index in [9.17, 15) is 14.4 Å². The monoisotopic (exact) mass is 371 g/mol. The van der Waals surface area contributed by atoms with E-state index in [1.54, 1.807) is 36.1 Å². The predicted molar refractivity (Wildman–Crippen MR) is 96.1 cm³/mol. The Bertz CT molecular complexity index is 896. The smallest absolute Gasteiger partial charge is 0.256 e. The Morgan fingerprint density at radius 3 is 2.88 bits per heavy atom. The van der Waals surface area contributed by atoms with E-state index < -0.39 is 6.04 Å². The van der Waals surface area contributed by atoms with Crippen LogP contribution in [0.1, 0.15) is 28.2 Å². The summed E-state index contributed by atoms with van der Waals surface area (Å²) in [5, 5.41) is 11.5. The molecule has 3 heterocycles. The van der Waals surface area contributed by atoms with Gasteiger partial charge >= 0.3 is 0 Å². The molecule has 0 bridgehead atoms. The van der Waals surface area contributed by atoms with Crippen molar-refractivity contribution in [2.45, 2.75) is 25.8 Å². The van der Waals surface area contributed by atoms with Gasteiger partial charge in [-0.2, -0.15) is 0 Å². The molecule has 134 valence electrons. The summed E-state index contributed by atoms with van der Waals surface area (Å²) in [6.07, 6.45) is 1.40. The standard InChI is InChI=1S/C17H17N5O3S/c1-10-19-20-17(26-10)18-14(23)9-22-12-6-3-2-5-11(12)15(24)21-8-4-7-13(21)16(22)25/h2-3,5-6,13H,4,7-9H2,1H3,(H,18,20,23). The SMILES string of the molecule is Cc1nnc(NC(=O)CN2C(=O)C3CCCN3C(=O)c3ccccc32)s1. The third-order valence-electron chi connectivity index (χ3n) is 4.56. The highest BCUT2D eigenvalue weighted by Gasteiger charge is 2.42. The van der Waals surface area contributed by atoms with E-state index in [0.29, 0.717) is 29.3 Å². The third kappa shape index (κ3) is 2.84. The Morgan fingerprint density at radius 2 is 2.12 bits per heavy atom. The van der Waals surface area contributed by atoms with Gasteiger partial charge in [0, 0.05) is 6.54 Å². The highest BCUT2D eigenvalue weighted by atomic mass is 32.1. The zero-order valence-corrected chi connectivity index (χ0v) is 15.0. The summed E-state index contributed by atoms with van der Waals surface area (Å²) in [4.78, 5) is 41.4. The number of hydrogen-bond acceptors (Lipinski definition) is 6. The van der Waals surface area contributed by atoms with Crippen molar-refractivity contribution in [2.75, 3.05) is 23.3 Å². The topological polar surface area (TPSA) is 95.5 Å². The molecule has 0 radical (unpaired) electrons. The van der Waals surface area contributed by atoms with Crippen LogP contribution < -0.4 is 10.2 Å². The molecule has 1 fully saturated rings. The van der Waals surface area contributed by atoms with Gasteiger partial charge in [0.15, 0.2) is 0 Å². The van der Waals surface area contributed by atoms with Crippen molar-refractivity contribution in [3.05, 3.63) is 34.8 Å². The van der Waals surface area contributed by atoms with Crippen LogP contribution in [0.3, 0.4) is 0 Å². The second kappa shape index (κ2) is 6.49. The molecule has 1 aromatic heterocycles. The van der Waals surface area contributed by atoms with Crippen molar-refractivity contribution in [3.8, 4) is 0 Å². The Kier molecular flexibility index (Phi) is 4.15. The number of benzene rings is 1. The van der Waals surface area contributed by atoms with E-state index in [-0.39, 0.29) is 24.3 Å². The summed E-state index contributed by atoms with van der Waals surface area (Å²) in [6, 6.07) is 6.42. The number of carbonyl (C=O) groups excluding carboxylic acids is 3. The molecule has 26 heavy (non-hydrogen) atoms. The molecule has 9 heteroatoms. The summed E-state index contributed by atoms with van der Waals surface area (Å²) >= 11 is 1.26. The molecule has 2 aliphatic heterocycles. The van der Waals surface area contributed by atoms with E-state index in [0.717, 1.165) is 11.4 Å². The van der Waals surface area contributed by atoms with Gasteiger partial charge in [0.25, 0.3) is 5.91 Å². The lowest BCUT2D eigenvalue weighted by Crippen LogP contribution is -2.47.